The summed E-state index contributed by atoms with van der Waals surface area (Å²) in [5.41, 5.74) is 3.63. The minimum Gasteiger partial charge on any atom is -0.321 e. The summed E-state index contributed by atoms with van der Waals surface area (Å²) in [6, 6.07) is 11.4. The zero-order valence-electron chi connectivity index (χ0n) is 14.0. The molecule has 4 rings (SSSR count). The summed E-state index contributed by atoms with van der Waals surface area (Å²) >= 11 is 1.36. The quantitative estimate of drug-likeness (QED) is 0.597. The number of nitrogens with one attached hydrogen (secondary N) is 1. The standard InChI is InChI=1S/C19H15N5OS/c1-13-11-15(24-10-2-7-22-24)3-4-16(13)23-18(25)17-12-21-19(26-17)14-5-8-20-9-6-14/h2-12H,1H3,(H,23,25). The van der Waals surface area contributed by atoms with E-state index in [0.717, 1.165) is 27.5 Å². The number of thiazole rings is 1. The highest BCUT2D eigenvalue weighted by atomic mass is 32.1. The Hall–Kier alpha value is -3.32. The Balaban J connectivity index is 1.53. The van der Waals surface area contributed by atoms with E-state index in [4.69, 9.17) is 0 Å². The normalized spacial score (nSPS) is 10.7. The molecule has 0 atom stereocenters. The van der Waals surface area contributed by atoms with Crippen molar-refractivity contribution in [3.05, 3.63) is 77.8 Å². The van der Waals surface area contributed by atoms with Gasteiger partial charge in [-0.1, -0.05) is 0 Å². The molecule has 0 unspecified atom stereocenters. The van der Waals surface area contributed by atoms with Crippen molar-refractivity contribution >= 4 is 22.9 Å². The Kier molecular flexibility index (Phi) is 4.28. The van der Waals surface area contributed by atoms with Crippen molar-refractivity contribution in [3.63, 3.8) is 0 Å². The molecule has 128 valence electrons. The molecule has 26 heavy (non-hydrogen) atoms. The van der Waals surface area contributed by atoms with Crippen molar-refractivity contribution in [2.45, 2.75) is 6.92 Å². The van der Waals surface area contributed by atoms with Gasteiger partial charge in [0.05, 0.1) is 11.9 Å². The first-order valence-electron chi connectivity index (χ1n) is 7.99. The summed E-state index contributed by atoms with van der Waals surface area (Å²) < 4.78 is 1.78. The van der Waals surface area contributed by atoms with E-state index < -0.39 is 0 Å². The number of pyridine rings is 1. The molecule has 0 aliphatic heterocycles. The van der Waals surface area contributed by atoms with Gasteiger partial charge in [-0.15, -0.1) is 11.3 Å². The molecule has 6 nitrogen and oxygen atoms in total. The van der Waals surface area contributed by atoms with Crippen LogP contribution in [0.15, 0.2) is 67.4 Å². The number of rotatable bonds is 4. The predicted octanol–water partition coefficient (Wildman–Crippen LogP) is 3.95. The number of carbonyl (C=O) groups excluding carboxylic acids is 1. The van der Waals surface area contributed by atoms with Crippen molar-refractivity contribution in [1.82, 2.24) is 19.7 Å². The van der Waals surface area contributed by atoms with Crippen LogP contribution in [0.2, 0.25) is 0 Å². The largest absolute Gasteiger partial charge is 0.321 e. The van der Waals surface area contributed by atoms with E-state index in [-0.39, 0.29) is 5.91 Å². The SMILES string of the molecule is Cc1cc(-n2cccn2)ccc1NC(=O)c1cnc(-c2ccncc2)s1. The number of aryl methyl sites for hydroxylation is 1. The molecule has 1 aromatic carbocycles. The Morgan fingerprint density at radius 1 is 1.15 bits per heavy atom. The maximum absolute atomic E-state index is 12.6. The number of aromatic nitrogens is 4. The maximum atomic E-state index is 12.6. The van der Waals surface area contributed by atoms with E-state index in [1.165, 1.54) is 11.3 Å². The first-order valence-corrected chi connectivity index (χ1v) is 8.80. The molecular weight excluding hydrogens is 346 g/mol. The third-order valence-corrected chi connectivity index (χ3v) is 4.93. The molecule has 3 aromatic heterocycles. The van der Waals surface area contributed by atoms with Gasteiger partial charge in [-0.3, -0.25) is 9.78 Å². The maximum Gasteiger partial charge on any atom is 0.267 e. The van der Waals surface area contributed by atoms with Crippen LogP contribution in [0.3, 0.4) is 0 Å². The third-order valence-electron chi connectivity index (χ3n) is 3.88. The number of nitrogens with zero attached hydrogens (tertiary/aromatic N) is 4. The van der Waals surface area contributed by atoms with Gasteiger partial charge < -0.3 is 5.32 Å². The molecule has 0 spiro atoms. The second-order valence-corrected chi connectivity index (χ2v) is 6.70. The fourth-order valence-corrected chi connectivity index (χ4v) is 3.36. The van der Waals surface area contributed by atoms with Gasteiger partial charge in [0.1, 0.15) is 9.88 Å². The van der Waals surface area contributed by atoms with E-state index in [2.05, 4.69) is 20.4 Å². The highest BCUT2D eigenvalue weighted by Crippen LogP contribution is 2.26. The van der Waals surface area contributed by atoms with Crippen molar-refractivity contribution in [1.29, 1.82) is 0 Å². The minimum atomic E-state index is -0.169. The first-order chi connectivity index (χ1) is 12.7. The van der Waals surface area contributed by atoms with E-state index >= 15 is 0 Å². The Labute approximate surface area is 154 Å². The van der Waals surface area contributed by atoms with Gasteiger partial charge in [-0.2, -0.15) is 5.10 Å². The van der Waals surface area contributed by atoms with Crippen LogP contribution in [0.4, 0.5) is 5.69 Å². The Morgan fingerprint density at radius 2 is 2.00 bits per heavy atom. The van der Waals surface area contributed by atoms with Crippen LogP contribution in [-0.2, 0) is 0 Å². The summed E-state index contributed by atoms with van der Waals surface area (Å²) in [5.74, 6) is -0.169. The summed E-state index contributed by atoms with van der Waals surface area (Å²) in [6.45, 7) is 1.96. The predicted molar refractivity (Wildman–Crippen MR) is 102 cm³/mol. The average molecular weight is 361 g/mol. The summed E-state index contributed by atoms with van der Waals surface area (Å²) in [5, 5.41) is 7.96. The van der Waals surface area contributed by atoms with Crippen LogP contribution >= 0.6 is 11.3 Å². The zero-order valence-corrected chi connectivity index (χ0v) is 14.8. The first kappa shape index (κ1) is 16.2. The molecule has 1 N–H and O–H groups in total. The molecule has 0 radical (unpaired) electrons. The highest BCUT2D eigenvalue weighted by molar-refractivity contribution is 7.17. The second kappa shape index (κ2) is 6.89. The topological polar surface area (TPSA) is 72.7 Å². The van der Waals surface area contributed by atoms with Gasteiger partial charge in [0.15, 0.2) is 0 Å². The molecule has 0 saturated heterocycles. The van der Waals surface area contributed by atoms with Crippen molar-refractivity contribution < 1.29 is 4.79 Å². The minimum absolute atomic E-state index is 0.169. The van der Waals surface area contributed by atoms with Gasteiger partial charge >= 0.3 is 0 Å². The molecule has 1 amide bonds. The number of hydrogen-bond acceptors (Lipinski definition) is 5. The molecule has 0 bridgehead atoms. The van der Waals surface area contributed by atoms with Crippen molar-refractivity contribution in [3.8, 4) is 16.3 Å². The van der Waals surface area contributed by atoms with E-state index in [1.807, 2.05) is 49.5 Å². The highest BCUT2D eigenvalue weighted by Gasteiger charge is 2.13. The van der Waals surface area contributed by atoms with Crippen LogP contribution in [0.25, 0.3) is 16.3 Å². The molecule has 7 heteroatoms. The summed E-state index contributed by atoms with van der Waals surface area (Å²) in [7, 11) is 0. The zero-order chi connectivity index (χ0) is 17.9. The van der Waals surface area contributed by atoms with Crippen LogP contribution in [0.1, 0.15) is 15.2 Å². The fourth-order valence-electron chi connectivity index (χ4n) is 2.54. The summed E-state index contributed by atoms with van der Waals surface area (Å²) in [6.07, 6.45) is 8.63. The van der Waals surface area contributed by atoms with Gasteiger partial charge in [-0.25, -0.2) is 9.67 Å². The van der Waals surface area contributed by atoms with Gasteiger partial charge in [0, 0.05) is 36.0 Å². The number of carbonyl (C=O) groups is 1. The lowest BCUT2D eigenvalue weighted by Gasteiger charge is -2.09. The van der Waals surface area contributed by atoms with Crippen LogP contribution < -0.4 is 5.32 Å². The third kappa shape index (κ3) is 3.25. The van der Waals surface area contributed by atoms with E-state index in [0.29, 0.717) is 4.88 Å². The van der Waals surface area contributed by atoms with Crippen molar-refractivity contribution in [2.75, 3.05) is 5.32 Å². The Bertz CT molecular complexity index is 1040. The van der Waals surface area contributed by atoms with Gasteiger partial charge in [0.25, 0.3) is 5.91 Å². The van der Waals surface area contributed by atoms with Gasteiger partial charge in [0.2, 0.25) is 0 Å². The molecule has 0 aliphatic rings. The molecular formula is C19H15N5OS. The number of amides is 1. The lowest BCUT2D eigenvalue weighted by molar-refractivity contribution is 0.103. The van der Waals surface area contributed by atoms with Crippen LogP contribution in [0, 0.1) is 6.92 Å². The second-order valence-electron chi connectivity index (χ2n) is 5.67. The van der Waals surface area contributed by atoms with E-state index in [1.54, 1.807) is 29.5 Å². The molecule has 0 aliphatic carbocycles. The Morgan fingerprint density at radius 3 is 2.73 bits per heavy atom. The van der Waals surface area contributed by atoms with E-state index in [9.17, 15) is 4.79 Å². The fraction of sp³-hybridized carbons (Fsp3) is 0.0526. The molecule has 0 fully saturated rings. The summed E-state index contributed by atoms with van der Waals surface area (Å²) in [4.78, 5) is 21.4. The van der Waals surface area contributed by atoms with Crippen molar-refractivity contribution in [2.24, 2.45) is 0 Å². The number of hydrogen-bond donors (Lipinski definition) is 1. The smallest absolute Gasteiger partial charge is 0.267 e. The number of anilines is 1. The van der Waals surface area contributed by atoms with Crippen LogP contribution in [-0.4, -0.2) is 25.7 Å². The van der Waals surface area contributed by atoms with Crippen LogP contribution in [0.5, 0.6) is 0 Å². The van der Waals surface area contributed by atoms with Gasteiger partial charge in [-0.05, 0) is 48.9 Å². The number of benzene rings is 1. The molecule has 3 heterocycles. The lowest BCUT2D eigenvalue weighted by atomic mass is 10.1. The molecule has 4 aromatic rings. The molecule has 0 saturated carbocycles. The monoisotopic (exact) mass is 361 g/mol. The lowest BCUT2D eigenvalue weighted by Crippen LogP contribution is -2.11. The average Bonchev–Trinajstić information content (AvgIpc) is 3.36.